The minimum atomic E-state index is 0.373. The molecule has 1 aromatic heterocycles. The molecule has 1 spiro atoms. The van der Waals surface area contributed by atoms with Gasteiger partial charge < -0.3 is 9.84 Å². The summed E-state index contributed by atoms with van der Waals surface area (Å²) in [5, 5.41) is 7.83. The van der Waals surface area contributed by atoms with Crippen LogP contribution < -0.4 is 5.32 Å². The molecule has 0 radical (unpaired) electrons. The van der Waals surface area contributed by atoms with Crippen molar-refractivity contribution in [3.8, 4) is 0 Å². The predicted octanol–water partition coefficient (Wildman–Crippen LogP) is 1.92. The summed E-state index contributed by atoms with van der Waals surface area (Å²) in [4.78, 5) is 6.91. The molecule has 1 saturated heterocycles. The predicted molar refractivity (Wildman–Crippen MR) is 77.6 cm³/mol. The average Bonchev–Trinajstić information content (AvgIpc) is 2.87. The normalized spacial score (nSPS) is 27.0. The monoisotopic (exact) mass is 278 g/mol. The molecule has 1 unspecified atom stereocenters. The molecule has 0 aromatic carbocycles. The van der Waals surface area contributed by atoms with Crippen molar-refractivity contribution in [1.29, 1.82) is 0 Å². The Morgan fingerprint density at radius 2 is 2.15 bits per heavy atom. The van der Waals surface area contributed by atoms with Gasteiger partial charge in [0.1, 0.15) is 0 Å². The van der Waals surface area contributed by atoms with Gasteiger partial charge in [-0.25, -0.2) is 0 Å². The van der Waals surface area contributed by atoms with Gasteiger partial charge in [-0.2, -0.15) is 4.98 Å². The van der Waals surface area contributed by atoms with Gasteiger partial charge in [0.2, 0.25) is 5.89 Å². The summed E-state index contributed by atoms with van der Waals surface area (Å²) >= 11 is 0. The molecular weight excluding hydrogens is 252 g/mol. The van der Waals surface area contributed by atoms with Gasteiger partial charge in [0, 0.05) is 44.6 Å². The molecule has 1 saturated carbocycles. The Hall–Kier alpha value is -0.940. The highest BCUT2D eigenvalue weighted by Gasteiger charge is 2.38. The fraction of sp³-hybridized carbons (Fsp3) is 0.867. The lowest BCUT2D eigenvalue weighted by Gasteiger charge is -2.49. The second-order valence-corrected chi connectivity index (χ2v) is 6.52. The number of hydrogen-bond acceptors (Lipinski definition) is 5. The van der Waals surface area contributed by atoms with E-state index in [1.807, 2.05) is 6.92 Å². The largest absolute Gasteiger partial charge is 0.340 e. The first-order chi connectivity index (χ1) is 9.67. The maximum absolute atomic E-state index is 5.05. The molecular formula is C15H26N4O. The lowest BCUT2D eigenvalue weighted by molar-refractivity contribution is 0.0633. The zero-order valence-corrected chi connectivity index (χ0v) is 12.7. The molecule has 2 fully saturated rings. The van der Waals surface area contributed by atoms with E-state index < -0.39 is 0 Å². The van der Waals surface area contributed by atoms with Crippen molar-refractivity contribution in [2.45, 2.75) is 64.0 Å². The van der Waals surface area contributed by atoms with Crippen LogP contribution in [0.1, 0.15) is 50.7 Å². The molecule has 20 heavy (non-hydrogen) atoms. The number of piperazine rings is 1. The fourth-order valence-corrected chi connectivity index (χ4v) is 3.64. The third kappa shape index (κ3) is 3.04. The molecule has 5 nitrogen and oxygen atoms in total. The zero-order valence-electron chi connectivity index (χ0n) is 12.7. The first-order valence-corrected chi connectivity index (χ1v) is 7.95. The standard InChI is InChI=1S/C15H26N4O/c1-12-10-16-15(7-4-3-5-8-15)11-19(12)9-6-14-17-13(2)20-18-14/h12,16H,3-11H2,1-2H3. The van der Waals surface area contributed by atoms with Gasteiger partial charge in [0.15, 0.2) is 5.82 Å². The molecule has 1 atom stereocenters. The molecule has 0 amide bonds. The lowest BCUT2D eigenvalue weighted by atomic mass is 9.79. The van der Waals surface area contributed by atoms with E-state index in [9.17, 15) is 0 Å². The van der Waals surface area contributed by atoms with E-state index in [4.69, 9.17) is 4.52 Å². The summed E-state index contributed by atoms with van der Waals surface area (Å²) in [7, 11) is 0. The van der Waals surface area contributed by atoms with Crippen LogP contribution in [0, 0.1) is 6.92 Å². The Morgan fingerprint density at radius 1 is 1.35 bits per heavy atom. The van der Waals surface area contributed by atoms with Gasteiger partial charge in [-0.05, 0) is 19.8 Å². The Morgan fingerprint density at radius 3 is 2.85 bits per heavy atom. The van der Waals surface area contributed by atoms with E-state index in [0.717, 1.165) is 25.3 Å². The van der Waals surface area contributed by atoms with Crippen LogP contribution in [-0.2, 0) is 6.42 Å². The van der Waals surface area contributed by atoms with E-state index in [-0.39, 0.29) is 0 Å². The zero-order chi connectivity index (χ0) is 14.0. The number of aromatic nitrogens is 2. The van der Waals surface area contributed by atoms with Crippen LogP contribution in [0.3, 0.4) is 0 Å². The van der Waals surface area contributed by atoms with Crippen molar-refractivity contribution in [3.63, 3.8) is 0 Å². The van der Waals surface area contributed by atoms with E-state index in [0.29, 0.717) is 17.5 Å². The second kappa shape index (κ2) is 5.82. The maximum Gasteiger partial charge on any atom is 0.223 e. The van der Waals surface area contributed by atoms with E-state index in [2.05, 4.69) is 27.3 Å². The van der Waals surface area contributed by atoms with Crippen LogP contribution >= 0.6 is 0 Å². The number of aryl methyl sites for hydroxylation is 1. The molecule has 2 heterocycles. The van der Waals surface area contributed by atoms with Crippen molar-refractivity contribution in [2.24, 2.45) is 0 Å². The van der Waals surface area contributed by atoms with E-state index in [1.165, 1.54) is 38.6 Å². The topological polar surface area (TPSA) is 54.2 Å². The maximum atomic E-state index is 5.05. The first kappa shape index (κ1) is 14.0. The highest BCUT2D eigenvalue weighted by atomic mass is 16.5. The third-order valence-corrected chi connectivity index (χ3v) is 4.90. The van der Waals surface area contributed by atoms with Crippen molar-refractivity contribution in [2.75, 3.05) is 19.6 Å². The quantitative estimate of drug-likeness (QED) is 0.915. The smallest absolute Gasteiger partial charge is 0.223 e. The molecule has 2 aliphatic rings. The molecule has 1 aliphatic heterocycles. The van der Waals surface area contributed by atoms with Crippen LogP contribution in [0.15, 0.2) is 4.52 Å². The Balaban J connectivity index is 1.59. The van der Waals surface area contributed by atoms with Crippen molar-refractivity contribution in [3.05, 3.63) is 11.7 Å². The van der Waals surface area contributed by atoms with Crippen molar-refractivity contribution >= 4 is 0 Å². The first-order valence-electron chi connectivity index (χ1n) is 7.95. The van der Waals surface area contributed by atoms with E-state index in [1.54, 1.807) is 0 Å². The van der Waals surface area contributed by atoms with Crippen molar-refractivity contribution < 1.29 is 4.52 Å². The molecule has 5 heteroatoms. The average molecular weight is 278 g/mol. The molecule has 112 valence electrons. The summed E-state index contributed by atoms with van der Waals surface area (Å²) in [6.07, 6.45) is 7.70. The Kier molecular flexibility index (Phi) is 4.08. The molecule has 1 aromatic rings. The third-order valence-electron chi connectivity index (χ3n) is 4.90. The van der Waals surface area contributed by atoms with Crippen LogP contribution in [-0.4, -0.2) is 46.3 Å². The minimum Gasteiger partial charge on any atom is -0.340 e. The Labute approximate surface area is 121 Å². The molecule has 3 rings (SSSR count). The number of nitrogens with zero attached hydrogens (tertiary/aromatic N) is 3. The van der Waals surface area contributed by atoms with Gasteiger partial charge in [-0.3, -0.25) is 4.90 Å². The van der Waals surface area contributed by atoms with Gasteiger partial charge in [0.25, 0.3) is 0 Å². The molecule has 1 aliphatic carbocycles. The Bertz CT molecular complexity index is 439. The van der Waals surface area contributed by atoms with Gasteiger partial charge >= 0.3 is 0 Å². The number of hydrogen-bond donors (Lipinski definition) is 1. The number of rotatable bonds is 3. The summed E-state index contributed by atoms with van der Waals surface area (Å²) in [5.41, 5.74) is 0.373. The lowest BCUT2D eigenvalue weighted by Crippen LogP contribution is -2.64. The van der Waals surface area contributed by atoms with Gasteiger partial charge in [-0.1, -0.05) is 24.4 Å². The summed E-state index contributed by atoms with van der Waals surface area (Å²) in [5.74, 6) is 1.50. The highest BCUT2D eigenvalue weighted by Crippen LogP contribution is 2.31. The summed E-state index contributed by atoms with van der Waals surface area (Å²) in [6.45, 7) is 7.46. The highest BCUT2D eigenvalue weighted by molar-refractivity contribution is 4.99. The summed E-state index contributed by atoms with van der Waals surface area (Å²) < 4.78 is 5.05. The van der Waals surface area contributed by atoms with E-state index >= 15 is 0 Å². The van der Waals surface area contributed by atoms with Crippen LogP contribution in [0.4, 0.5) is 0 Å². The minimum absolute atomic E-state index is 0.373. The van der Waals surface area contributed by atoms with Gasteiger partial charge in [-0.15, -0.1) is 0 Å². The SMILES string of the molecule is Cc1nc(CCN2CC3(CCCCC3)NCC2C)no1. The van der Waals surface area contributed by atoms with Crippen LogP contribution in [0.2, 0.25) is 0 Å². The fourth-order valence-electron chi connectivity index (χ4n) is 3.64. The van der Waals surface area contributed by atoms with Crippen molar-refractivity contribution in [1.82, 2.24) is 20.4 Å². The van der Waals surface area contributed by atoms with Gasteiger partial charge in [0.05, 0.1) is 0 Å². The summed E-state index contributed by atoms with van der Waals surface area (Å²) in [6, 6.07) is 0.593. The molecule has 0 bridgehead atoms. The number of nitrogens with one attached hydrogen (secondary N) is 1. The molecule has 1 N–H and O–H groups in total. The van der Waals surface area contributed by atoms with Crippen LogP contribution in [0.5, 0.6) is 0 Å². The second-order valence-electron chi connectivity index (χ2n) is 6.52. The van der Waals surface area contributed by atoms with Crippen LogP contribution in [0.25, 0.3) is 0 Å².